The summed E-state index contributed by atoms with van der Waals surface area (Å²) in [6.07, 6.45) is 5.89. The molecule has 65 heavy (non-hydrogen) atoms. The first-order valence-corrected chi connectivity index (χ1v) is 26.4. The van der Waals surface area contributed by atoms with E-state index in [2.05, 4.69) is 88.3 Å². The fraction of sp³-hybridized carbons (Fsp3) is 0.500. The van der Waals surface area contributed by atoms with E-state index in [1.165, 1.54) is 14.2 Å². The number of likely N-dealkylation sites (tertiary alicyclic amines) is 1. The summed E-state index contributed by atoms with van der Waals surface area (Å²) in [6, 6.07) is 18.2. The van der Waals surface area contributed by atoms with Gasteiger partial charge in [0.25, 0.3) is 0 Å². The molecule has 0 unspecified atom stereocenters. The van der Waals surface area contributed by atoms with Gasteiger partial charge in [-0.05, 0) is 96.5 Å². The number of aromatic nitrogens is 4. The number of carbonyl (C=O) groups excluding carboxylic acids is 4. The Bertz CT molecular complexity index is 2600. The second-order valence-electron chi connectivity index (χ2n) is 19.3. The minimum Gasteiger partial charge on any atom is -0.453 e. The van der Waals surface area contributed by atoms with Crippen molar-refractivity contribution in [2.75, 3.05) is 46.8 Å². The Morgan fingerprint density at radius 1 is 0.754 bits per heavy atom. The summed E-state index contributed by atoms with van der Waals surface area (Å²) in [7, 11) is 0.824. The van der Waals surface area contributed by atoms with Gasteiger partial charge in [-0.1, -0.05) is 55.6 Å². The summed E-state index contributed by atoms with van der Waals surface area (Å²) < 4.78 is 21.0. The molecule has 342 valence electrons. The summed E-state index contributed by atoms with van der Waals surface area (Å²) >= 11 is 0. The van der Waals surface area contributed by atoms with Crippen LogP contribution in [0, 0.1) is 17.8 Å². The minimum atomic E-state index is -1.82. The predicted octanol–water partition coefficient (Wildman–Crippen LogP) is 6.87. The van der Waals surface area contributed by atoms with Crippen molar-refractivity contribution in [1.29, 1.82) is 0 Å². The number of nitrogens with zero attached hydrogens (tertiary/aromatic N) is 4. The van der Waals surface area contributed by atoms with E-state index in [1.54, 1.807) is 0 Å². The van der Waals surface area contributed by atoms with Crippen LogP contribution in [0.3, 0.4) is 0 Å². The van der Waals surface area contributed by atoms with Gasteiger partial charge in [-0.25, -0.2) is 19.6 Å². The fourth-order valence-corrected chi connectivity index (χ4v) is 13.9. The number of H-pyrrole nitrogens is 2. The molecule has 4 amide bonds. The number of piperidine rings is 1. The quantitative estimate of drug-likeness (QED) is 0.108. The maximum absolute atomic E-state index is 14.4. The average Bonchev–Trinajstić information content (AvgIpc) is 3.74. The number of alkyl carbamates (subject to hydrolysis) is 2. The number of aromatic amines is 2. The Balaban J connectivity index is 0.861. The first-order chi connectivity index (χ1) is 31.5. The van der Waals surface area contributed by atoms with Crippen LogP contribution in [-0.4, -0.2) is 127 Å². The SMILES string of the molecule is COC(=O)N[C@@H](C(=O)N1C[Si](C)(C)C[C@H]1c1nc2c(ccc3cc(-c4ccc(-c5cnc([C@H]6C[C@@H]7C[C@@H]7N6C(=O)[C@H](NC(=O)OC)C6CCOCC6)[nH]5)cc4)ccc32)[nH]1)C1CCOCC1. The minimum absolute atomic E-state index is 0.0252. The topological polar surface area (TPSA) is 193 Å². The molecule has 5 aromatic rings. The zero-order valence-corrected chi connectivity index (χ0v) is 38.4. The molecule has 1 aliphatic carbocycles. The molecule has 4 aliphatic heterocycles. The third-order valence-corrected chi connectivity index (χ3v) is 17.2. The van der Waals surface area contributed by atoms with E-state index >= 15 is 0 Å². The van der Waals surface area contributed by atoms with Gasteiger partial charge in [-0.15, -0.1) is 0 Å². The van der Waals surface area contributed by atoms with Gasteiger partial charge in [-0.3, -0.25) is 9.59 Å². The van der Waals surface area contributed by atoms with E-state index < -0.39 is 32.3 Å². The first kappa shape index (κ1) is 43.1. The third kappa shape index (κ3) is 8.49. The van der Waals surface area contributed by atoms with Crippen molar-refractivity contribution in [2.45, 2.75) is 87.9 Å². The molecular formula is C48H58N8O8Si. The Morgan fingerprint density at radius 2 is 1.38 bits per heavy atom. The van der Waals surface area contributed by atoms with Crippen LogP contribution in [-0.2, 0) is 28.5 Å². The summed E-state index contributed by atoms with van der Waals surface area (Å²) in [5.74, 6) is 1.72. The molecule has 2 aromatic heterocycles. The Labute approximate surface area is 378 Å². The van der Waals surface area contributed by atoms with Gasteiger partial charge in [0.05, 0.1) is 57.3 Å². The van der Waals surface area contributed by atoms with Crippen LogP contribution in [0.25, 0.3) is 44.2 Å². The molecule has 3 aromatic carbocycles. The molecule has 1 saturated carbocycles. The molecule has 4 N–H and O–H groups in total. The van der Waals surface area contributed by atoms with Crippen molar-refractivity contribution in [3.05, 3.63) is 72.4 Å². The van der Waals surface area contributed by atoms with Crippen LogP contribution in [0.1, 0.15) is 62.3 Å². The smallest absolute Gasteiger partial charge is 0.407 e. The zero-order chi connectivity index (χ0) is 45.0. The van der Waals surface area contributed by atoms with Crippen LogP contribution in [0.15, 0.2) is 60.8 Å². The van der Waals surface area contributed by atoms with Gasteiger partial charge >= 0.3 is 12.2 Å². The van der Waals surface area contributed by atoms with Crippen molar-refractivity contribution < 1.29 is 38.1 Å². The second kappa shape index (κ2) is 17.5. The van der Waals surface area contributed by atoms with E-state index in [0.717, 1.165) is 74.7 Å². The van der Waals surface area contributed by atoms with Crippen LogP contribution < -0.4 is 10.6 Å². The maximum Gasteiger partial charge on any atom is 0.407 e. The van der Waals surface area contributed by atoms with E-state index in [4.69, 9.17) is 28.9 Å². The van der Waals surface area contributed by atoms with Gasteiger partial charge in [0.1, 0.15) is 23.7 Å². The molecule has 6 heterocycles. The molecule has 5 fully saturated rings. The lowest BCUT2D eigenvalue weighted by Crippen LogP contribution is -2.54. The maximum atomic E-state index is 14.4. The number of carbonyl (C=O) groups is 4. The van der Waals surface area contributed by atoms with Crippen molar-refractivity contribution in [1.82, 2.24) is 40.4 Å². The molecule has 16 nitrogen and oxygen atoms in total. The molecule has 6 atom stereocenters. The summed E-state index contributed by atoms with van der Waals surface area (Å²) in [5.41, 5.74) is 5.76. The molecule has 0 radical (unpaired) electrons. The molecule has 4 saturated heterocycles. The van der Waals surface area contributed by atoms with Crippen molar-refractivity contribution in [3.8, 4) is 22.4 Å². The van der Waals surface area contributed by atoms with Gasteiger partial charge in [0.2, 0.25) is 11.8 Å². The number of rotatable bonds is 10. The van der Waals surface area contributed by atoms with Crippen LogP contribution in [0.4, 0.5) is 9.59 Å². The summed E-state index contributed by atoms with van der Waals surface area (Å²) in [4.78, 5) is 74.6. The summed E-state index contributed by atoms with van der Waals surface area (Å²) in [6.45, 7) is 6.85. The molecule has 5 aliphatic rings. The normalized spacial score (nSPS) is 24.1. The van der Waals surface area contributed by atoms with Gasteiger partial charge < -0.3 is 49.3 Å². The number of amides is 4. The molecule has 0 bridgehead atoms. The zero-order valence-electron chi connectivity index (χ0n) is 37.4. The second-order valence-corrected chi connectivity index (χ2v) is 24.4. The highest BCUT2D eigenvalue weighted by Gasteiger charge is 2.57. The standard InChI is InChI=1S/C48H58N8O8Si/c1-61-47(59)53-40(29-13-17-63-18-14-29)45(57)55-26-65(3,4)25-39(55)44-50-35-12-10-32-21-31(9-11-34(32)42(35)52-44)27-5-7-28(8-6-27)36-24-49-43(51-36)38-23-33-22-37(33)56(38)46(58)41(54-48(60)62-2)30-15-19-64-20-16-30/h5-12,21,24,29-30,33,37-41H,13-20,22-23,25-26H2,1-4H3,(H,49,51)(H,50,52)(H,53,59)(H,54,60)/t33-,37-,38+,39-,40+,41+/m0/s1. The van der Waals surface area contributed by atoms with Crippen molar-refractivity contribution in [2.24, 2.45) is 17.8 Å². The molecule has 10 rings (SSSR count). The number of methoxy groups -OCH3 is 2. The van der Waals surface area contributed by atoms with Crippen LogP contribution in [0.5, 0.6) is 0 Å². The molecule has 17 heteroatoms. The highest BCUT2D eigenvalue weighted by Crippen LogP contribution is 2.53. The van der Waals surface area contributed by atoms with Crippen LogP contribution >= 0.6 is 0 Å². The number of imidazole rings is 2. The molecular weight excluding hydrogens is 845 g/mol. The molecule has 0 spiro atoms. The van der Waals surface area contributed by atoms with E-state index in [0.29, 0.717) is 64.2 Å². The Hall–Kier alpha value is -5.78. The highest BCUT2D eigenvalue weighted by atomic mass is 28.3. The number of ether oxygens (including phenoxy) is 4. The predicted molar refractivity (Wildman–Crippen MR) is 245 cm³/mol. The van der Waals surface area contributed by atoms with Crippen molar-refractivity contribution >= 4 is 53.9 Å². The Kier molecular flexibility index (Phi) is 11.6. The van der Waals surface area contributed by atoms with Gasteiger partial charge in [-0.2, -0.15) is 0 Å². The number of hydrogen-bond donors (Lipinski definition) is 4. The lowest BCUT2D eigenvalue weighted by molar-refractivity contribution is -0.138. The van der Waals surface area contributed by atoms with Crippen molar-refractivity contribution in [3.63, 3.8) is 0 Å². The lowest BCUT2D eigenvalue weighted by atomic mass is 9.90. The average molecular weight is 903 g/mol. The van der Waals surface area contributed by atoms with Crippen LogP contribution in [0.2, 0.25) is 19.1 Å². The number of nitrogens with one attached hydrogen (secondary N) is 4. The van der Waals surface area contributed by atoms with E-state index in [-0.39, 0.29) is 41.8 Å². The monoisotopic (exact) mass is 902 g/mol. The van der Waals surface area contributed by atoms with Gasteiger partial charge in [0, 0.05) is 44.0 Å². The largest absolute Gasteiger partial charge is 0.453 e. The first-order valence-electron chi connectivity index (χ1n) is 23.0. The van der Waals surface area contributed by atoms with E-state index in [1.807, 2.05) is 16.0 Å². The fourth-order valence-electron chi connectivity index (χ4n) is 11.0. The number of benzene rings is 3. The van der Waals surface area contributed by atoms with E-state index in [9.17, 15) is 19.2 Å². The summed E-state index contributed by atoms with van der Waals surface area (Å²) in [5, 5.41) is 7.81. The van der Waals surface area contributed by atoms with Gasteiger partial charge in [0.15, 0.2) is 0 Å². The lowest BCUT2D eigenvalue weighted by Gasteiger charge is -2.35. The highest BCUT2D eigenvalue weighted by molar-refractivity contribution is 6.78. The third-order valence-electron chi connectivity index (χ3n) is 14.5. The Morgan fingerprint density at radius 3 is 2.05 bits per heavy atom. The number of hydrogen-bond acceptors (Lipinski definition) is 10. The number of fused-ring (bicyclic) bond motifs is 4.